The number of benzene rings is 1. The van der Waals surface area contributed by atoms with Crippen LogP contribution in [0.25, 0.3) is 10.6 Å². The van der Waals surface area contributed by atoms with Crippen LogP contribution in [0.5, 0.6) is 0 Å². The Hall–Kier alpha value is -2.87. The van der Waals surface area contributed by atoms with Crippen LogP contribution in [0.1, 0.15) is 35.3 Å². The molecular formula is C19H18FN5OS. The molecule has 1 amide bonds. The van der Waals surface area contributed by atoms with Crippen molar-refractivity contribution < 1.29 is 9.18 Å². The molecule has 1 aliphatic rings. The average Bonchev–Trinajstić information content (AvgIpc) is 3.11. The van der Waals surface area contributed by atoms with E-state index >= 15 is 0 Å². The lowest BCUT2D eigenvalue weighted by Crippen LogP contribution is -2.42. The summed E-state index contributed by atoms with van der Waals surface area (Å²) < 4.78 is 14.2. The molecule has 1 aromatic carbocycles. The molecule has 27 heavy (non-hydrogen) atoms. The lowest BCUT2D eigenvalue weighted by Gasteiger charge is -2.41. The molecule has 0 spiro atoms. The highest BCUT2D eigenvalue weighted by Crippen LogP contribution is 2.44. The fraction of sp³-hybridized carbons (Fsp3) is 0.263. The van der Waals surface area contributed by atoms with Crippen molar-refractivity contribution in [1.29, 1.82) is 0 Å². The van der Waals surface area contributed by atoms with Crippen molar-refractivity contribution in [3.8, 4) is 10.6 Å². The largest absolute Gasteiger partial charge is 0.366 e. The topological polar surface area (TPSA) is 93.8 Å². The lowest BCUT2D eigenvalue weighted by atomic mass is 9.66. The Bertz CT molecular complexity index is 968. The van der Waals surface area contributed by atoms with E-state index in [1.807, 2.05) is 0 Å². The number of anilines is 1. The van der Waals surface area contributed by atoms with Gasteiger partial charge in [-0.05, 0) is 37.1 Å². The van der Waals surface area contributed by atoms with Gasteiger partial charge in [-0.3, -0.25) is 9.78 Å². The van der Waals surface area contributed by atoms with Gasteiger partial charge < -0.3 is 11.1 Å². The van der Waals surface area contributed by atoms with Crippen molar-refractivity contribution in [2.75, 3.05) is 11.9 Å². The Labute approximate surface area is 159 Å². The van der Waals surface area contributed by atoms with Gasteiger partial charge in [0.2, 0.25) is 11.0 Å². The van der Waals surface area contributed by atoms with Crippen LogP contribution in [-0.4, -0.2) is 27.6 Å². The van der Waals surface area contributed by atoms with Crippen LogP contribution < -0.4 is 11.1 Å². The normalized spacial score (nSPS) is 15.1. The third-order valence-corrected chi connectivity index (χ3v) is 5.92. The zero-order valence-electron chi connectivity index (χ0n) is 14.5. The summed E-state index contributed by atoms with van der Waals surface area (Å²) in [6.45, 7) is 0.566. The zero-order chi connectivity index (χ0) is 18.9. The van der Waals surface area contributed by atoms with E-state index in [0.29, 0.717) is 22.9 Å². The number of halogens is 1. The van der Waals surface area contributed by atoms with Gasteiger partial charge in [0.05, 0.1) is 5.69 Å². The first-order chi connectivity index (χ1) is 13.1. The van der Waals surface area contributed by atoms with Gasteiger partial charge in [0.1, 0.15) is 10.8 Å². The molecule has 138 valence electrons. The van der Waals surface area contributed by atoms with Crippen molar-refractivity contribution in [3.63, 3.8) is 0 Å². The van der Waals surface area contributed by atoms with Crippen molar-refractivity contribution in [1.82, 2.24) is 15.2 Å². The maximum absolute atomic E-state index is 14.2. The summed E-state index contributed by atoms with van der Waals surface area (Å²) in [6.07, 6.45) is 4.49. The molecule has 0 radical (unpaired) electrons. The van der Waals surface area contributed by atoms with Crippen molar-refractivity contribution >= 4 is 22.4 Å². The highest BCUT2D eigenvalue weighted by Gasteiger charge is 2.41. The number of carbonyl (C=O) groups is 1. The molecule has 2 aromatic heterocycles. The number of carbonyl (C=O) groups excluding carboxylic acids is 1. The van der Waals surface area contributed by atoms with Crippen LogP contribution in [0.15, 0.2) is 42.6 Å². The van der Waals surface area contributed by atoms with Gasteiger partial charge in [0.15, 0.2) is 0 Å². The summed E-state index contributed by atoms with van der Waals surface area (Å²) in [5, 5.41) is 13.1. The number of nitrogens with two attached hydrogens (primary N) is 1. The summed E-state index contributed by atoms with van der Waals surface area (Å²) in [7, 11) is 0. The third-order valence-electron chi connectivity index (χ3n) is 4.99. The molecule has 0 unspecified atom stereocenters. The first-order valence-corrected chi connectivity index (χ1v) is 9.48. The second-order valence-corrected chi connectivity index (χ2v) is 7.65. The Morgan fingerprint density at radius 1 is 1.22 bits per heavy atom. The molecule has 0 atom stereocenters. The minimum absolute atomic E-state index is 0.258. The quantitative estimate of drug-likeness (QED) is 0.681. The average molecular weight is 383 g/mol. The van der Waals surface area contributed by atoms with Crippen LogP contribution in [0.3, 0.4) is 0 Å². The molecule has 1 aliphatic carbocycles. The minimum Gasteiger partial charge on any atom is -0.366 e. The first kappa shape index (κ1) is 17.5. The summed E-state index contributed by atoms with van der Waals surface area (Å²) in [5.41, 5.74) is 6.80. The second-order valence-electron chi connectivity index (χ2n) is 6.68. The van der Waals surface area contributed by atoms with Crippen molar-refractivity contribution in [2.45, 2.75) is 24.7 Å². The van der Waals surface area contributed by atoms with Gasteiger partial charge in [-0.2, -0.15) is 0 Å². The fourth-order valence-electron chi connectivity index (χ4n) is 3.31. The fourth-order valence-corrected chi connectivity index (χ4v) is 4.05. The van der Waals surface area contributed by atoms with E-state index in [1.54, 1.807) is 36.5 Å². The van der Waals surface area contributed by atoms with Crippen LogP contribution in [0.4, 0.5) is 9.52 Å². The van der Waals surface area contributed by atoms with E-state index in [2.05, 4.69) is 20.5 Å². The predicted octanol–water partition coefficient (Wildman–Crippen LogP) is 3.37. The monoisotopic (exact) mass is 383 g/mol. The van der Waals surface area contributed by atoms with Gasteiger partial charge in [-0.1, -0.05) is 29.9 Å². The van der Waals surface area contributed by atoms with E-state index < -0.39 is 5.91 Å². The molecule has 3 aromatic rings. The van der Waals surface area contributed by atoms with Crippen LogP contribution >= 0.6 is 11.3 Å². The number of nitrogens with one attached hydrogen (secondary N) is 1. The number of aromatic nitrogens is 3. The molecule has 8 heteroatoms. The number of rotatable bonds is 6. The SMILES string of the molecule is NC(=O)c1ccc(-c2nnc(NCC3(c4ncccc4F)CCC3)s2)cc1. The Morgan fingerprint density at radius 3 is 2.63 bits per heavy atom. The number of hydrogen-bond acceptors (Lipinski definition) is 6. The van der Waals surface area contributed by atoms with Gasteiger partial charge in [-0.25, -0.2) is 4.39 Å². The van der Waals surface area contributed by atoms with Gasteiger partial charge in [-0.15, -0.1) is 10.2 Å². The van der Waals surface area contributed by atoms with E-state index in [-0.39, 0.29) is 11.2 Å². The summed E-state index contributed by atoms with van der Waals surface area (Å²) in [4.78, 5) is 15.4. The number of amides is 1. The van der Waals surface area contributed by atoms with E-state index in [0.717, 1.165) is 29.8 Å². The van der Waals surface area contributed by atoms with E-state index in [4.69, 9.17) is 5.73 Å². The standard InChI is InChI=1S/C19H18FN5OS/c20-14-3-1-10-22-15(14)19(8-2-9-19)11-23-18-25-24-17(27-18)13-6-4-12(5-7-13)16(21)26/h1,3-7,10H,2,8-9,11H2,(H2,21,26)(H,23,25). The Kier molecular flexibility index (Phi) is 4.57. The molecule has 1 fully saturated rings. The third kappa shape index (κ3) is 3.40. The molecule has 4 rings (SSSR count). The minimum atomic E-state index is -0.464. The van der Waals surface area contributed by atoms with E-state index in [9.17, 15) is 9.18 Å². The first-order valence-electron chi connectivity index (χ1n) is 8.66. The molecule has 1 saturated carbocycles. The summed E-state index contributed by atoms with van der Waals surface area (Å²) >= 11 is 1.41. The maximum atomic E-state index is 14.2. The maximum Gasteiger partial charge on any atom is 0.248 e. The number of hydrogen-bond donors (Lipinski definition) is 2. The molecule has 0 bridgehead atoms. The lowest BCUT2D eigenvalue weighted by molar-refractivity contribution is 0.100. The molecule has 0 saturated heterocycles. The van der Waals surface area contributed by atoms with Crippen molar-refractivity contribution in [3.05, 3.63) is 59.7 Å². The van der Waals surface area contributed by atoms with Gasteiger partial charge >= 0.3 is 0 Å². The van der Waals surface area contributed by atoms with E-state index in [1.165, 1.54) is 17.4 Å². The van der Waals surface area contributed by atoms with Crippen molar-refractivity contribution in [2.24, 2.45) is 5.73 Å². The highest BCUT2D eigenvalue weighted by atomic mass is 32.1. The molecule has 0 aliphatic heterocycles. The van der Waals surface area contributed by atoms with Gasteiger partial charge in [0.25, 0.3) is 0 Å². The van der Waals surface area contributed by atoms with Crippen LogP contribution in [0.2, 0.25) is 0 Å². The molecular weight excluding hydrogens is 365 g/mol. The highest BCUT2D eigenvalue weighted by molar-refractivity contribution is 7.18. The van der Waals surface area contributed by atoms with Gasteiger partial charge in [0, 0.05) is 29.3 Å². The summed E-state index contributed by atoms with van der Waals surface area (Å²) in [6, 6.07) is 9.99. The zero-order valence-corrected chi connectivity index (χ0v) is 15.3. The summed E-state index contributed by atoms with van der Waals surface area (Å²) in [5.74, 6) is -0.722. The second kappa shape index (κ2) is 7.03. The molecule has 3 N–H and O–H groups in total. The number of nitrogens with zero attached hydrogens (tertiary/aromatic N) is 3. The van der Waals surface area contributed by atoms with Crippen LogP contribution in [-0.2, 0) is 5.41 Å². The Morgan fingerprint density at radius 2 is 2.00 bits per heavy atom. The number of pyridine rings is 1. The van der Waals surface area contributed by atoms with Crippen LogP contribution in [0, 0.1) is 5.82 Å². The Balaban J connectivity index is 1.48. The predicted molar refractivity (Wildman–Crippen MR) is 102 cm³/mol. The number of primary amides is 1. The smallest absolute Gasteiger partial charge is 0.248 e. The molecule has 2 heterocycles. The molecule has 6 nitrogen and oxygen atoms in total.